The number of imidazole rings is 1. The van der Waals surface area contributed by atoms with Gasteiger partial charge in [0.05, 0.1) is 12.3 Å². The summed E-state index contributed by atoms with van der Waals surface area (Å²) >= 11 is 0. The van der Waals surface area contributed by atoms with Crippen molar-refractivity contribution >= 4 is 42.9 Å². The van der Waals surface area contributed by atoms with Crippen molar-refractivity contribution in [1.29, 1.82) is 0 Å². The maximum absolute atomic E-state index is 5.91. The van der Waals surface area contributed by atoms with Crippen LogP contribution in [-0.4, -0.2) is 46.0 Å². The molecule has 0 saturated carbocycles. The lowest BCUT2D eigenvalue weighted by Gasteiger charge is -2.26. The standard InChI is InChI=1S/C22H27N3O.3ClH.H2O/c1-18-7-5-15-25-17-21(23-22(18)25)19-8-10-20(11-9-19)26-16-6-14-24-12-3-2-4-13-24;;;;/h5,7-11,15,17H,2-4,6,12-14,16H2,1H3;3*1H;1H2. The maximum Gasteiger partial charge on any atom is 0.140 e. The smallest absolute Gasteiger partial charge is 0.140 e. The fourth-order valence-electron chi connectivity index (χ4n) is 3.68. The highest BCUT2D eigenvalue weighted by Gasteiger charge is 2.09. The van der Waals surface area contributed by atoms with Crippen LogP contribution in [0, 0.1) is 6.92 Å². The minimum Gasteiger partial charge on any atom is -0.494 e. The van der Waals surface area contributed by atoms with E-state index in [0.29, 0.717) is 0 Å². The summed E-state index contributed by atoms with van der Waals surface area (Å²) in [7, 11) is 0. The predicted octanol–water partition coefficient (Wildman–Crippen LogP) is 5.01. The summed E-state index contributed by atoms with van der Waals surface area (Å²) in [6.07, 6.45) is 9.31. The Morgan fingerprint density at radius 1 is 0.967 bits per heavy atom. The molecule has 5 nitrogen and oxygen atoms in total. The van der Waals surface area contributed by atoms with Gasteiger partial charge in [-0.25, -0.2) is 4.98 Å². The van der Waals surface area contributed by atoms with Gasteiger partial charge in [0.25, 0.3) is 0 Å². The Morgan fingerprint density at radius 3 is 2.33 bits per heavy atom. The number of pyridine rings is 1. The third-order valence-electron chi connectivity index (χ3n) is 5.16. The number of rotatable bonds is 6. The highest BCUT2D eigenvalue weighted by atomic mass is 35.5. The van der Waals surface area contributed by atoms with Gasteiger partial charge in [-0.15, -0.1) is 37.2 Å². The molecule has 0 aliphatic carbocycles. The number of benzene rings is 1. The Labute approximate surface area is 197 Å². The minimum absolute atomic E-state index is 0. The SMILES string of the molecule is Cc1cccn2cc(-c3ccc(OCCCN4CCCCC4)cc3)nc12.Cl.Cl.Cl.O. The van der Waals surface area contributed by atoms with Crippen molar-refractivity contribution in [2.75, 3.05) is 26.2 Å². The molecular weight excluding hydrogens is 445 g/mol. The number of hydrogen-bond acceptors (Lipinski definition) is 3. The van der Waals surface area contributed by atoms with E-state index in [9.17, 15) is 0 Å². The second kappa shape index (κ2) is 13.7. The normalized spacial score (nSPS) is 13.4. The van der Waals surface area contributed by atoms with Crippen LogP contribution in [0.1, 0.15) is 31.2 Å². The molecule has 0 radical (unpaired) electrons. The molecule has 0 bridgehead atoms. The molecule has 168 valence electrons. The van der Waals surface area contributed by atoms with Crippen LogP contribution in [-0.2, 0) is 0 Å². The van der Waals surface area contributed by atoms with Gasteiger partial charge in [-0.3, -0.25) is 0 Å². The molecule has 1 saturated heterocycles. The first kappa shape index (κ1) is 28.5. The number of halogens is 3. The van der Waals surface area contributed by atoms with Crippen LogP contribution < -0.4 is 4.74 Å². The summed E-state index contributed by atoms with van der Waals surface area (Å²) < 4.78 is 7.99. The van der Waals surface area contributed by atoms with Crippen molar-refractivity contribution < 1.29 is 10.2 Å². The summed E-state index contributed by atoms with van der Waals surface area (Å²) in [6, 6.07) is 12.4. The lowest BCUT2D eigenvalue weighted by atomic mass is 10.1. The van der Waals surface area contributed by atoms with Crippen molar-refractivity contribution in [2.45, 2.75) is 32.6 Å². The molecule has 1 aliphatic rings. The molecule has 0 unspecified atom stereocenters. The Balaban J connectivity index is 0.00000210. The molecule has 2 N–H and O–H groups in total. The molecule has 2 aromatic heterocycles. The summed E-state index contributed by atoms with van der Waals surface area (Å²) in [5, 5.41) is 0. The fourth-order valence-corrected chi connectivity index (χ4v) is 3.68. The van der Waals surface area contributed by atoms with Gasteiger partial charge < -0.3 is 19.5 Å². The van der Waals surface area contributed by atoms with E-state index in [4.69, 9.17) is 9.72 Å². The molecule has 3 aromatic rings. The van der Waals surface area contributed by atoms with Crippen LogP contribution in [0.4, 0.5) is 0 Å². The van der Waals surface area contributed by atoms with E-state index in [1.807, 2.05) is 18.3 Å². The van der Waals surface area contributed by atoms with Crippen LogP contribution in [0.5, 0.6) is 5.75 Å². The molecule has 0 amide bonds. The van der Waals surface area contributed by atoms with E-state index in [-0.39, 0.29) is 42.7 Å². The second-order valence-corrected chi connectivity index (χ2v) is 7.18. The van der Waals surface area contributed by atoms with Gasteiger partial charge in [-0.2, -0.15) is 0 Å². The van der Waals surface area contributed by atoms with Crippen LogP contribution in [0.25, 0.3) is 16.9 Å². The van der Waals surface area contributed by atoms with Gasteiger partial charge in [-0.1, -0.05) is 12.5 Å². The quantitative estimate of drug-likeness (QED) is 0.470. The third kappa shape index (κ3) is 7.03. The number of piperidine rings is 1. The zero-order chi connectivity index (χ0) is 17.8. The van der Waals surface area contributed by atoms with Gasteiger partial charge in [0.15, 0.2) is 0 Å². The lowest BCUT2D eigenvalue weighted by molar-refractivity contribution is 0.205. The number of nitrogens with zero attached hydrogens (tertiary/aromatic N) is 3. The van der Waals surface area contributed by atoms with Gasteiger partial charge in [0.2, 0.25) is 0 Å². The molecule has 1 aromatic carbocycles. The number of aromatic nitrogens is 2. The van der Waals surface area contributed by atoms with Gasteiger partial charge in [-0.05, 0) is 75.2 Å². The molecule has 30 heavy (non-hydrogen) atoms. The average molecular weight is 477 g/mol. The monoisotopic (exact) mass is 475 g/mol. The minimum atomic E-state index is 0. The summed E-state index contributed by atoms with van der Waals surface area (Å²) in [5.74, 6) is 0.937. The number of likely N-dealkylation sites (tertiary alicyclic amines) is 1. The van der Waals surface area contributed by atoms with E-state index in [0.717, 1.165) is 42.2 Å². The number of aryl methyl sites for hydroxylation is 1. The molecule has 3 heterocycles. The van der Waals surface area contributed by atoms with Crippen molar-refractivity contribution in [2.24, 2.45) is 0 Å². The predicted molar refractivity (Wildman–Crippen MR) is 131 cm³/mol. The first-order valence-electron chi connectivity index (χ1n) is 9.69. The Hall–Kier alpha value is -1.50. The summed E-state index contributed by atoms with van der Waals surface area (Å²) in [4.78, 5) is 7.31. The van der Waals surface area contributed by atoms with Crippen molar-refractivity contribution in [3.05, 3.63) is 54.4 Å². The highest BCUT2D eigenvalue weighted by molar-refractivity contribution is 5.86. The lowest BCUT2D eigenvalue weighted by Crippen LogP contribution is -2.31. The molecule has 8 heteroatoms. The zero-order valence-corrected chi connectivity index (χ0v) is 19.7. The van der Waals surface area contributed by atoms with E-state index in [1.54, 1.807) is 0 Å². The fraction of sp³-hybridized carbons (Fsp3) is 0.409. The molecule has 4 rings (SSSR count). The Morgan fingerprint density at radius 2 is 1.67 bits per heavy atom. The van der Waals surface area contributed by atoms with Crippen molar-refractivity contribution in [3.8, 4) is 17.0 Å². The average Bonchev–Trinajstić information content (AvgIpc) is 3.12. The van der Waals surface area contributed by atoms with E-state index in [1.165, 1.54) is 37.9 Å². The second-order valence-electron chi connectivity index (χ2n) is 7.18. The van der Waals surface area contributed by atoms with Crippen LogP contribution >= 0.6 is 37.2 Å². The molecule has 1 aliphatic heterocycles. The summed E-state index contributed by atoms with van der Waals surface area (Å²) in [5.41, 5.74) is 4.32. The molecule has 1 fully saturated rings. The van der Waals surface area contributed by atoms with Crippen molar-refractivity contribution in [1.82, 2.24) is 14.3 Å². The topological polar surface area (TPSA) is 61.3 Å². The third-order valence-corrected chi connectivity index (χ3v) is 5.16. The number of ether oxygens (including phenoxy) is 1. The number of fused-ring (bicyclic) bond motifs is 1. The van der Waals surface area contributed by atoms with Gasteiger partial charge in [0.1, 0.15) is 11.4 Å². The van der Waals surface area contributed by atoms with E-state index < -0.39 is 0 Å². The highest BCUT2D eigenvalue weighted by Crippen LogP contribution is 2.23. The van der Waals surface area contributed by atoms with Gasteiger partial charge in [0, 0.05) is 24.5 Å². The maximum atomic E-state index is 5.91. The van der Waals surface area contributed by atoms with Crippen LogP contribution in [0.15, 0.2) is 48.8 Å². The molecule has 0 spiro atoms. The largest absolute Gasteiger partial charge is 0.494 e. The van der Waals surface area contributed by atoms with Crippen LogP contribution in [0.2, 0.25) is 0 Å². The zero-order valence-electron chi connectivity index (χ0n) is 17.3. The molecular formula is C22H32Cl3N3O2. The van der Waals surface area contributed by atoms with Crippen molar-refractivity contribution in [3.63, 3.8) is 0 Å². The van der Waals surface area contributed by atoms with Crippen LogP contribution in [0.3, 0.4) is 0 Å². The first-order chi connectivity index (χ1) is 12.8. The first-order valence-corrected chi connectivity index (χ1v) is 9.69. The van der Waals surface area contributed by atoms with E-state index >= 15 is 0 Å². The Kier molecular flexibility index (Phi) is 13.0. The number of hydrogen-bond donors (Lipinski definition) is 0. The van der Waals surface area contributed by atoms with E-state index in [2.05, 4.69) is 46.7 Å². The summed E-state index contributed by atoms with van der Waals surface area (Å²) in [6.45, 7) is 6.54. The van der Waals surface area contributed by atoms with Gasteiger partial charge >= 0.3 is 0 Å². The molecule has 0 atom stereocenters. The Bertz CT molecular complexity index is 866.